The molecular formula is C20H20N2O. The van der Waals surface area contributed by atoms with Crippen LogP contribution in [-0.2, 0) is 10.5 Å². The summed E-state index contributed by atoms with van der Waals surface area (Å²) in [6, 6.07) is 21.6. The molecule has 0 unspecified atom stereocenters. The van der Waals surface area contributed by atoms with Crippen molar-refractivity contribution in [2.24, 2.45) is 11.8 Å². The van der Waals surface area contributed by atoms with Crippen molar-refractivity contribution in [3.8, 4) is 0 Å². The Bertz CT molecular complexity index is 667. The molecule has 0 aliphatic carbocycles. The number of nitrogens with zero attached hydrogens (tertiary/aromatic N) is 2. The zero-order valence-corrected chi connectivity index (χ0v) is 13.1. The van der Waals surface area contributed by atoms with Crippen molar-refractivity contribution in [2.45, 2.75) is 5.66 Å². The lowest BCUT2D eigenvalue weighted by molar-refractivity contribution is -0.183. The fraction of sp³-hybridized carbons (Fsp3) is 0.350. The predicted octanol–water partition coefficient (Wildman–Crippen LogP) is 2.33. The number of rotatable bonds is 2. The summed E-state index contributed by atoms with van der Waals surface area (Å²) in [7, 11) is 0. The number of benzene rings is 2. The summed E-state index contributed by atoms with van der Waals surface area (Å²) in [6.45, 7) is 3.54. The van der Waals surface area contributed by atoms with E-state index in [1.807, 2.05) is 0 Å². The standard InChI is InChI=1S/C20H20N2O/c23-19-15-11-21-13-16(19)14-22(12-15)20(21,17-7-3-1-4-8-17)18-9-5-2-6-10-18/h1-10,15-16H,11-14H2. The number of carbonyl (C=O) groups is 1. The van der Waals surface area contributed by atoms with Crippen LogP contribution in [0.5, 0.6) is 0 Å². The topological polar surface area (TPSA) is 23.6 Å². The van der Waals surface area contributed by atoms with Crippen molar-refractivity contribution in [3.05, 3.63) is 71.8 Å². The Balaban J connectivity index is 1.73. The summed E-state index contributed by atoms with van der Waals surface area (Å²) in [4.78, 5) is 17.5. The van der Waals surface area contributed by atoms with Gasteiger partial charge in [0.1, 0.15) is 11.4 Å². The Morgan fingerprint density at radius 1 is 0.696 bits per heavy atom. The largest absolute Gasteiger partial charge is 0.299 e. The highest BCUT2D eigenvalue weighted by molar-refractivity contribution is 5.86. The van der Waals surface area contributed by atoms with Gasteiger partial charge in [0.05, 0.1) is 0 Å². The molecule has 0 radical (unpaired) electrons. The predicted molar refractivity (Wildman–Crippen MR) is 88.8 cm³/mol. The van der Waals surface area contributed by atoms with E-state index in [9.17, 15) is 4.79 Å². The van der Waals surface area contributed by atoms with Gasteiger partial charge in [-0.05, 0) is 11.1 Å². The molecular weight excluding hydrogens is 284 g/mol. The lowest BCUT2D eigenvalue weighted by Crippen LogP contribution is -2.76. The average Bonchev–Trinajstić information content (AvgIpc) is 2.60. The minimum Gasteiger partial charge on any atom is -0.299 e. The van der Waals surface area contributed by atoms with E-state index in [1.165, 1.54) is 11.1 Å². The second-order valence-corrected chi connectivity index (χ2v) is 7.01. The van der Waals surface area contributed by atoms with E-state index < -0.39 is 0 Å². The van der Waals surface area contributed by atoms with E-state index in [1.54, 1.807) is 0 Å². The number of carbonyl (C=O) groups excluding carboxylic acids is 1. The van der Waals surface area contributed by atoms with Gasteiger partial charge >= 0.3 is 0 Å². The maximum Gasteiger partial charge on any atom is 0.144 e. The van der Waals surface area contributed by atoms with Gasteiger partial charge < -0.3 is 0 Å². The van der Waals surface area contributed by atoms with Gasteiger partial charge in [0.25, 0.3) is 0 Å². The molecule has 116 valence electrons. The minimum absolute atomic E-state index is 0.197. The van der Waals surface area contributed by atoms with E-state index in [2.05, 4.69) is 70.5 Å². The quantitative estimate of drug-likeness (QED) is 0.851. The third-order valence-electron chi connectivity index (χ3n) is 5.84. The zero-order chi connectivity index (χ0) is 15.4. The summed E-state index contributed by atoms with van der Waals surface area (Å²) in [5, 5.41) is 0. The summed E-state index contributed by atoms with van der Waals surface area (Å²) in [5.74, 6) is 0.887. The molecule has 4 bridgehead atoms. The van der Waals surface area contributed by atoms with Gasteiger partial charge in [-0.3, -0.25) is 14.6 Å². The molecule has 4 fully saturated rings. The van der Waals surface area contributed by atoms with Gasteiger partial charge in [-0.1, -0.05) is 60.7 Å². The molecule has 0 spiro atoms. The Hall–Kier alpha value is -1.97. The van der Waals surface area contributed by atoms with Gasteiger partial charge in [0, 0.05) is 38.0 Å². The van der Waals surface area contributed by atoms with Crippen molar-refractivity contribution in [1.29, 1.82) is 0 Å². The molecule has 3 heteroatoms. The number of Topliss-reactive ketones (excluding diaryl/α,β-unsaturated/α-hetero) is 1. The molecule has 0 aromatic heterocycles. The minimum atomic E-state index is -0.212. The first kappa shape index (κ1) is 13.5. The third-order valence-corrected chi connectivity index (χ3v) is 5.84. The second kappa shape index (κ2) is 4.76. The molecule has 4 aliphatic rings. The first-order chi connectivity index (χ1) is 11.3. The van der Waals surface area contributed by atoms with E-state index in [0.29, 0.717) is 5.78 Å². The van der Waals surface area contributed by atoms with E-state index in [4.69, 9.17) is 0 Å². The monoisotopic (exact) mass is 304 g/mol. The maximum absolute atomic E-state index is 12.4. The van der Waals surface area contributed by atoms with E-state index in [0.717, 1.165) is 26.2 Å². The van der Waals surface area contributed by atoms with Gasteiger partial charge in [-0.25, -0.2) is 0 Å². The molecule has 0 amide bonds. The van der Waals surface area contributed by atoms with Gasteiger partial charge in [-0.15, -0.1) is 0 Å². The normalized spacial score (nSPS) is 33.8. The molecule has 4 saturated heterocycles. The Morgan fingerprint density at radius 2 is 1.09 bits per heavy atom. The summed E-state index contributed by atoms with van der Waals surface area (Å²) < 4.78 is 0. The van der Waals surface area contributed by atoms with Gasteiger partial charge in [0.15, 0.2) is 0 Å². The van der Waals surface area contributed by atoms with Crippen LogP contribution in [-0.4, -0.2) is 41.8 Å². The molecule has 3 nitrogen and oxygen atoms in total. The summed E-state index contributed by atoms with van der Waals surface area (Å²) >= 11 is 0. The van der Waals surface area contributed by atoms with Crippen LogP contribution in [0, 0.1) is 11.8 Å². The van der Waals surface area contributed by atoms with Crippen LogP contribution in [0.2, 0.25) is 0 Å². The molecule has 23 heavy (non-hydrogen) atoms. The molecule has 4 heterocycles. The van der Waals surface area contributed by atoms with E-state index >= 15 is 0 Å². The van der Waals surface area contributed by atoms with Crippen LogP contribution >= 0.6 is 0 Å². The highest BCUT2D eigenvalue weighted by Crippen LogP contribution is 2.49. The molecule has 2 aromatic carbocycles. The van der Waals surface area contributed by atoms with Crippen LogP contribution in [0.25, 0.3) is 0 Å². The molecule has 6 rings (SSSR count). The van der Waals surface area contributed by atoms with Gasteiger partial charge in [0.2, 0.25) is 0 Å². The first-order valence-electron chi connectivity index (χ1n) is 8.45. The first-order valence-corrected chi connectivity index (χ1v) is 8.45. The van der Waals surface area contributed by atoms with Crippen LogP contribution in [0.3, 0.4) is 0 Å². The van der Waals surface area contributed by atoms with Gasteiger partial charge in [-0.2, -0.15) is 0 Å². The number of hydrogen-bond donors (Lipinski definition) is 0. The lowest BCUT2D eigenvalue weighted by Gasteiger charge is -2.64. The zero-order valence-electron chi connectivity index (χ0n) is 13.1. The smallest absolute Gasteiger partial charge is 0.144 e. The Labute approximate surface area is 136 Å². The molecule has 0 saturated carbocycles. The second-order valence-electron chi connectivity index (χ2n) is 7.01. The highest BCUT2D eigenvalue weighted by Gasteiger charge is 2.59. The fourth-order valence-electron chi connectivity index (χ4n) is 4.99. The number of piperidine rings is 2. The number of hydrogen-bond acceptors (Lipinski definition) is 3. The van der Waals surface area contributed by atoms with Crippen molar-refractivity contribution >= 4 is 5.78 Å². The van der Waals surface area contributed by atoms with E-state index in [-0.39, 0.29) is 17.5 Å². The Kier molecular flexibility index (Phi) is 2.79. The average molecular weight is 304 g/mol. The summed E-state index contributed by atoms with van der Waals surface area (Å²) in [6.07, 6.45) is 0. The third kappa shape index (κ3) is 1.69. The molecule has 0 N–H and O–H groups in total. The summed E-state index contributed by atoms with van der Waals surface area (Å²) in [5.41, 5.74) is 2.42. The molecule has 0 atom stereocenters. The van der Waals surface area contributed by atoms with Crippen molar-refractivity contribution in [3.63, 3.8) is 0 Å². The van der Waals surface area contributed by atoms with Crippen molar-refractivity contribution < 1.29 is 4.79 Å². The molecule has 2 aromatic rings. The fourth-order valence-corrected chi connectivity index (χ4v) is 4.99. The SMILES string of the molecule is O=C1C2CN3CC1CN(C2)C3(c1ccccc1)c1ccccc1. The van der Waals surface area contributed by atoms with Crippen molar-refractivity contribution in [2.75, 3.05) is 26.2 Å². The molecule has 4 aliphatic heterocycles. The van der Waals surface area contributed by atoms with Crippen molar-refractivity contribution in [1.82, 2.24) is 9.80 Å². The number of ketones is 1. The maximum atomic E-state index is 12.4. The lowest BCUT2D eigenvalue weighted by atomic mass is 9.72. The Morgan fingerprint density at radius 3 is 1.48 bits per heavy atom. The van der Waals surface area contributed by atoms with Crippen LogP contribution in [0.4, 0.5) is 0 Å². The highest BCUT2D eigenvalue weighted by atomic mass is 16.1. The van der Waals surface area contributed by atoms with Crippen LogP contribution in [0.15, 0.2) is 60.7 Å². The van der Waals surface area contributed by atoms with Crippen LogP contribution < -0.4 is 0 Å². The van der Waals surface area contributed by atoms with Crippen LogP contribution in [0.1, 0.15) is 11.1 Å².